The number of nitrogens with one attached hydrogen (secondary N) is 1. The quantitative estimate of drug-likeness (QED) is 0.557. The number of H-pyrrole nitrogens is 1. The van der Waals surface area contributed by atoms with E-state index >= 15 is 0 Å². The Hall–Kier alpha value is -2.56. The van der Waals surface area contributed by atoms with Crippen LogP contribution in [0.2, 0.25) is 0 Å². The molecule has 0 fully saturated rings. The van der Waals surface area contributed by atoms with Crippen LogP contribution in [-0.4, -0.2) is 38.4 Å². The SMILES string of the molecule is Cc1[nH]c2c(=O)n(C)cc(C#CC(C)(C)O)c2c1C(=O)OC(C)(C)CCN. The van der Waals surface area contributed by atoms with Crippen molar-refractivity contribution in [1.82, 2.24) is 9.55 Å². The summed E-state index contributed by atoms with van der Waals surface area (Å²) in [6.07, 6.45) is 2.06. The van der Waals surface area contributed by atoms with Gasteiger partial charge in [-0.25, -0.2) is 4.79 Å². The van der Waals surface area contributed by atoms with Gasteiger partial charge in [0, 0.05) is 24.3 Å². The molecule has 2 heterocycles. The Morgan fingerprint density at radius 2 is 2.00 bits per heavy atom. The largest absolute Gasteiger partial charge is 0.456 e. The smallest absolute Gasteiger partial charge is 0.341 e. The first kappa shape index (κ1) is 20.7. The first-order chi connectivity index (χ1) is 12.4. The fraction of sp³-hybridized carbons (Fsp3) is 0.500. The van der Waals surface area contributed by atoms with Gasteiger partial charge < -0.3 is 25.1 Å². The zero-order chi connectivity index (χ0) is 20.6. The number of pyridine rings is 1. The van der Waals surface area contributed by atoms with Gasteiger partial charge in [-0.1, -0.05) is 11.8 Å². The highest BCUT2D eigenvalue weighted by Gasteiger charge is 2.28. The van der Waals surface area contributed by atoms with Gasteiger partial charge in [-0.3, -0.25) is 4.79 Å². The molecule has 146 valence electrons. The molecule has 7 heteroatoms. The predicted octanol–water partition coefficient (Wildman–Crippen LogP) is 1.58. The summed E-state index contributed by atoms with van der Waals surface area (Å²) in [5.41, 5.74) is 4.90. The maximum absolute atomic E-state index is 12.9. The molecule has 0 atom stereocenters. The maximum atomic E-state index is 12.9. The van der Waals surface area contributed by atoms with E-state index in [9.17, 15) is 14.7 Å². The van der Waals surface area contributed by atoms with E-state index in [2.05, 4.69) is 16.8 Å². The van der Waals surface area contributed by atoms with E-state index in [1.807, 2.05) is 0 Å². The number of carbonyl (C=O) groups is 1. The van der Waals surface area contributed by atoms with E-state index in [0.29, 0.717) is 29.6 Å². The molecule has 0 unspecified atom stereocenters. The Balaban J connectivity index is 2.72. The number of aliphatic hydroxyl groups is 1. The predicted molar refractivity (Wildman–Crippen MR) is 105 cm³/mol. The molecule has 0 radical (unpaired) electrons. The van der Waals surface area contributed by atoms with Crippen LogP contribution in [0, 0.1) is 18.8 Å². The lowest BCUT2D eigenvalue weighted by Crippen LogP contribution is -2.31. The molecule has 2 aromatic rings. The van der Waals surface area contributed by atoms with Crippen molar-refractivity contribution in [1.29, 1.82) is 0 Å². The molecule has 0 spiro atoms. The van der Waals surface area contributed by atoms with Crippen LogP contribution in [0.3, 0.4) is 0 Å². The van der Waals surface area contributed by atoms with E-state index in [-0.39, 0.29) is 16.6 Å². The van der Waals surface area contributed by atoms with Crippen LogP contribution in [0.1, 0.15) is 55.7 Å². The number of ether oxygens (including phenoxy) is 1. The van der Waals surface area contributed by atoms with Crippen LogP contribution < -0.4 is 11.3 Å². The Morgan fingerprint density at radius 1 is 1.37 bits per heavy atom. The molecule has 0 saturated heterocycles. The molecular weight excluding hydrogens is 346 g/mol. The number of hydrogen-bond acceptors (Lipinski definition) is 5. The summed E-state index contributed by atoms with van der Waals surface area (Å²) in [5.74, 6) is 5.07. The maximum Gasteiger partial charge on any atom is 0.341 e. The zero-order valence-electron chi connectivity index (χ0n) is 16.7. The van der Waals surface area contributed by atoms with Crippen molar-refractivity contribution in [2.75, 3.05) is 6.54 Å². The molecule has 0 amide bonds. The minimum atomic E-state index is -1.21. The first-order valence-corrected chi connectivity index (χ1v) is 8.77. The van der Waals surface area contributed by atoms with Gasteiger partial charge in [0.25, 0.3) is 5.56 Å². The molecule has 0 bridgehead atoms. The highest BCUT2D eigenvalue weighted by atomic mass is 16.6. The monoisotopic (exact) mass is 373 g/mol. The molecule has 0 aliphatic heterocycles. The van der Waals surface area contributed by atoms with Crippen LogP contribution >= 0.6 is 0 Å². The molecule has 0 aliphatic rings. The summed E-state index contributed by atoms with van der Waals surface area (Å²) in [4.78, 5) is 28.4. The summed E-state index contributed by atoms with van der Waals surface area (Å²) in [7, 11) is 1.61. The Kier molecular flexibility index (Phi) is 5.55. The van der Waals surface area contributed by atoms with Crippen molar-refractivity contribution in [3.63, 3.8) is 0 Å². The standard InChI is InChI=1S/C20H27N3O4/c1-12-14(18(25)27-20(4,5)9-10-21)15-13(7-8-19(2,3)26)11-23(6)17(24)16(15)22-12/h11,22,26H,9-10,21H2,1-6H3. The van der Waals surface area contributed by atoms with Crippen LogP contribution in [-0.2, 0) is 11.8 Å². The van der Waals surface area contributed by atoms with Crippen LogP contribution in [0.4, 0.5) is 0 Å². The van der Waals surface area contributed by atoms with Crippen molar-refractivity contribution in [3.8, 4) is 11.8 Å². The number of aromatic amines is 1. The van der Waals surface area contributed by atoms with E-state index in [0.717, 1.165) is 0 Å². The lowest BCUT2D eigenvalue weighted by molar-refractivity contribution is -0.00321. The topological polar surface area (TPSA) is 110 Å². The van der Waals surface area contributed by atoms with Gasteiger partial charge in [0.15, 0.2) is 0 Å². The third kappa shape index (κ3) is 4.59. The Morgan fingerprint density at radius 3 is 2.56 bits per heavy atom. The molecule has 2 aromatic heterocycles. The fourth-order valence-electron chi connectivity index (χ4n) is 2.82. The second-order valence-electron chi connectivity index (χ2n) is 7.83. The Bertz CT molecular complexity index is 995. The molecule has 2 rings (SSSR count). The van der Waals surface area contributed by atoms with Crippen LogP contribution in [0.25, 0.3) is 10.9 Å². The number of nitrogens with zero attached hydrogens (tertiary/aromatic N) is 1. The summed E-state index contributed by atoms with van der Waals surface area (Å²) in [6, 6.07) is 0. The lowest BCUT2D eigenvalue weighted by Gasteiger charge is -2.24. The van der Waals surface area contributed by atoms with E-state index in [4.69, 9.17) is 10.5 Å². The fourth-order valence-corrected chi connectivity index (χ4v) is 2.82. The molecule has 7 nitrogen and oxygen atoms in total. The molecular formula is C20H27N3O4. The van der Waals surface area contributed by atoms with Gasteiger partial charge >= 0.3 is 5.97 Å². The summed E-state index contributed by atoms with van der Waals surface area (Å²) in [6.45, 7) is 8.79. The molecule has 0 aliphatic carbocycles. The number of esters is 1. The average Bonchev–Trinajstić information content (AvgIpc) is 2.85. The van der Waals surface area contributed by atoms with E-state index in [1.54, 1.807) is 47.9 Å². The van der Waals surface area contributed by atoms with Gasteiger partial charge in [0.05, 0.1) is 11.1 Å². The molecule has 0 saturated carbocycles. The number of carbonyl (C=O) groups excluding carboxylic acids is 1. The highest BCUT2D eigenvalue weighted by Crippen LogP contribution is 2.26. The van der Waals surface area contributed by atoms with Crippen molar-refractivity contribution >= 4 is 16.9 Å². The molecule has 27 heavy (non-hydrogen) atoms. The van der Waals surface area contributed by atoms with Gasteiger partial charge in [0.1, 0.15) is 16.7 Å². The zero-order valence-corrected chi connectivity index (χ0v) is 16.7. The minimum Gasteiger partial charge on any atom is -0.456 e. The first-order valence-electron chi connectivity index (χ1n) is 8.77. The second-order valence-corrected chi connectivity index (χ2v) is 7.83. The summed E-state index contributed by atoms with van der Waals surface area (Å²) < 4.78 is 7.03. The van der Waals surface area contributed by atoms with Gasteiger partial charge in [0.2, 0.25) is 0 Å². The second kappa shape index (κ2) is 7.22. The van der Waals surface area contributed by atoms with Crippen molar-refractivity contribution in [2.45, 2.75) is 52.2 Å². The van der Waals surface area contributed by atoms with Crippen molar-refractivity contribution in [2.24, 2.45) is 12.8 Å². The third-order valence-corrected chi connectivity index (χ3v) is 4.14. The van der Waals surface area contributed by atoms with Gasteiger partial charge in [-0.2, -0.15) is 0 Å². The molecule has 4 N–H and O–H groups in total. The molecule has 0 aromatic carbocycles. The number of hydrogen-bond donors (Lipinski definition) is 3. The lowest BCUT2D eigenvalue weighted by atomic mass is 10.0. The Labute approximate surface area is 158 Å². The van der Waals surface area contributed by atoms with Crippen LogP contribution in [0.15, 0.2) is 11.0 Å². The van der Waals surface area contributed by atoms with Gasteiger partial charge in [-0.15, -0.1) is 0 Å². The van der Waals surface area contributed by atoms with E-state index in [1.165, 1.54) is 4.57 Å². The highest BCUT2D eigenvalue weighted by molar-refractivity contribution is 6.07. The van der Waals surface area contributed by atoms with E-state index < -0.39 is 17.2 Å². The van der Waals surface area contributed by atoms with Gasteiger partial charge in [-0.05, 0) is 47.6 Å². The normalized spacial score (nSPS) is 12.0. The number of rotatable bonds is 4. The number of aromatic nitrogens is 2. The van der Waals surface area contributed by atoms with Crippen molar-refractivity contribution < 1.29 is 14.6 Å². The summed E-state index contributed by atoms with van der Waals surface area (Å²) >= 11 is 0. The average molecular weight is 373 g/mol. The van der Waals surface area contributed by atoms with Crippen molar-refractivity contribution in [3.05, 3.63) is 33.4 Å². The summed E-state index contributed by atoms with van der Waals surface area (Å²) in [5, 5.41) is 10.3. The number of fused-ring (bicyclic) bond motifs is 1. The number of nitrogens with two attached hydrogens (primary N) is 1. The van der Waals surface area contributed by atoms with Crippen LogP contribution in [0.5, 0.6) is 0 Å². The number of aryl methyl sites for hydroxylation is 2. The minimum absolute atomic E-state index is 0.271. The third-order valence-electron chi connectivity index (χ3n) is 4.14.